The maximum atomic E-state index is 12.5. The van der Waals surface area contributed by atoms with Crippen LogP contribution in [0.5, 0.6) is 17.2 Å². The van der Waals surface area contributed by atoms with Crippen molar-refractivity contribution in [1.82, 2.24) is 10.2 Å². The molecule has 1 amide bonds. The Labute approximate surface area is 167 Å². The van der Waals surface area contributed by atoms with Gasteiger partial charge in [-0.2, -0.15) is 0 Å². The van der Waals surface area contributed by atoms with Crippen molar-refractivity contribution in [2.45, 2.75) is 18.9 Å². The van der Waals surface area contributed by atoms with Gasteiger partial charge in [0.2, 0.25) is 11.7 Å². The number of benzene rings is 2. The van der Waals surface area contributed by atoms with E-state index in [0.29, 0.717) is 23.8 Å². The average Bonchev–Trinajstić information content (AvgIpc) is 2.70. The Hall–Kier alpha value is -2.73. The van der Waals surface area contributed by atoms with E-state index in [2.05, 4.69) is 22.3 Å². The number of carbonyl (C=O) groups excluding carboxylic acids is 1. The van der Waals surface area contributed by atoms with Gasteiger partial charge in [0.25, 0.3) is 0 Å². The lowest BCUT2D eigenvalue weighted by molar-refractivity contribution is -0.120. The molecule has 0 bridgehead atoms. The Bertz CT molecular complexity index is 737. The first-order valence-electron chi connectivity index (χ1n) is 9.24. The highest BCUT2D eigenvalue weighted by atomic mass is 16.5. The second-order valence-electron chi connectivity index (χ2n) is 6.82. The van der Waals surface area contributed by atoms with Crippen molar-refractivity contribution >= 4 is 5.91 Å². The zero-order valence-corrected chi connectivity index (χ0v) is 17.3. The Morgan fingerprint density at radius 3 is 2.07 bits per heavy atom. The molecular weight excluding hydrogens is 356 g/mol. The van der Waals surface area contributed by atoms with Gasteiger partial charge in [0, 0.05) is 12.6 Å². The van der Waals surface area contributed by atoms with Gasteiger partial charge in [-0.3, -0.25) is 4.79 Å². The zero-order valence-electron chi connectivity index (χ0n) is 17.3. The predicted molar refractivity (Wildman–Crippen MR) is 110 cm³/mol. The van der Waals surface area contributed by atoms with Gasteiger partial charge < -0.3 is 24.4 Å². The third kappa shape index (κ3) is 5.89. The molecule has 0 aliphatic rings. The molecule has 2 rings (SSSR count). The number of ether oxygens (including phenoxy) is 3. The summed E-state index contributed by atoms with van der Waals surface area (Å²) in [6.45, 7) is 0.575. The molecule has 6 heteroatoms. The van der Waals surface area contributed by atoms with Gasteiger partial charge in [0.1, 0.15) is 0 Å². The van der Waals surface area contributed by atoms with Crippen molar-refractivity contribution in [3.63, 3.8) is 0 Å². The summed E-state index contributed by atoms with van der Waals surface area (Å²) < 4.78 is 16.0. The molecule has 0 radical (unpaired) electrons. The zero-order chi connectivity index (χ0) is 20.5. The van der Waals surface area contributed by atoms with E-state index in [1.807, 2.05) is 32.3 Å². The van der Waals surface area contributed by atoms with Crippen molar-refractivity contribution in [2.75, 3.05) is 42.0 Å². The van der Waals surface area contributed by atoms with Gasteiger partial charge in [-0.05, 0) is 43.8 Å². The van der Waals surface area contributed by atoms with Crippen LogP contribution in [0.4, 0.5) is 0 Å². The predicted octanol–water partition coefficient (Wildman–Crippen LogP) is 2.54. The third-order valence-corrected chi connectivity index (χ3v) is 4.67. The van der Waals surface area contributed by atoms with Crippen LogP contribution in [0.15, 0.2) is 42.5 Å². The largest absolute Gasteiger partial charge is 0.493 e. The highest BCUT2D eigenvalue weighted by molar-refractivity contribution is 5.79. The molecule has 1 unspecified atom stereocenters. The topological polar surface area (TPSA) is 60.0 Å². The number of amides is 1. The molecule has 0 aliphatic carbocycles. The molecule has 0 fully saturated rings. The summed E-state index contributed by atoms with van der Waals surface area (Å²) in [7, 11) is 8.73. The van der Waals surface area contributed by atoms with Gasteiger partial charge in [-0.1, -0.05) is 30.3 Å². The van der Waals surface area contributed by atoms with Gasteiger partial charge in [0.15, 0.2) is 11.5 Å². The van der Waals surface area contributed by atoms with E-state index in [1.165, 1.54) is 5.56 Å². The van der Waals surface area contributed by atoms with Gasteiger partial charge in [-0.25, -0.2) is 0 Å². The van der Waals surface area contributed by atoms with Crippen LogP contribution in [0, 0.1) is 0 Å². The summed E-state index contributed by atoms with van der Waals surface area (Å²) in [5, 5.41) is 3.04. The van der Waals surface area contributed by atoms with Crippen LogP contribution in [0.25, 0.3) is 0 Å². The smallest absolute Gasteiger partial charge is 0.224 e. The van der Waals surface area contributed by atoms with Crippen LogP contribution >= 0.6 is 0 Å². The van der Waals surface area contributed by atoms with E-state index >= 15 is 0 Å². The van der Waals surface area contributed by atoms with E-state index in [0.717, 1.165) is 12.0 Å². The van der Waals surface area contributed by atoms with Crippen LogP contribution in [0.1, 0.15) is 11.1 Å². The monoisotopic (exact) mass is 386 g/mol. The van der Waals surface area contributed by atoms with Crippen LogP contribution in [0.3, 0.4) is 0 Å². The maximum absolute atomic E-state index is 12.5. The summed E-state index contributed by atoms with van der Waals surface area (Å²) in [6, 6.07) is 14.1. The molecule has 1 atom stereocenters. The fourth-order valence-corrected chi connectivity index (χ4v) is 3.04. The average molecular weight is 386 g/mol. The van der Waals surface area contributed by atoms with Crippen LogP contribution in [0.2, 0.25) is 0 Å². The minimum Gasteiger partial charge on any atom is -0.493 e. The molecule has 1 N–H and O–H groups in total. The lowest BCUT2D eigenvalue weighted by Gasteiger charge is -2.25. The van der Waals surface area contributed by atoms with Crippen molar-refractivity contribution in [3.8, 4) is 17.2 Å². The SMILES string of the molecule is COc1cc(CC(=O)NCC(Cc2ccccc2)N(C)C)cc(OC)c1OC. The molecule has 6 nitrogen and oxygen atoms in total. The van der Waals surface area contributed by atoms with Crippen molar-refractivity contribution in [1.29, 1.82) is 0 Å². The first-order valence-corrected chi connectivity index (χ1v) is 9.24. The van der Waals surface area contributed by atoms with Gasteiger partial charge >= 0.3 is 0 Å². The molecule has 0 heterocycles. The first-order chi connectivity index (χ1) is 13.5. The molecule has 28 heavy (non-hydrogen) atoms. The molecule has 0 aliphatic heterocycles. The Morgan fingerprint density at radius 2 is 1.57 bits per heavy atom. The standard InChI is InChI=1S/C22H30N2O4/c1-24(2)18(11-16-9-7-6-8-10-16)15-23-21(25)14-17-12-19(26-3)22(28-5)20(13-17)27-4/h6-10,12-13,18H,11,14-15H2,1-5H3,(H,23,25). The number of nitrogens with zero attached hydrogens (tertiary/aromatic N) is 1. The van der Waals surface area contributed by atoms with E-state index in [1.54, 1.807) is 33.5 Å². The first kappa shape index (κ1) is 21.6. The van der Waals surface area contributed by atoms with Gasteiger partial charge in [-0.15, -0.1) is 0 Å². The van der Waals surface area contributed by atoms with E-state index in [9.17, 15) is 4.79 Å². The lowest BCUT2D eigenvalue weighted by atomic mass is 10.0. The van der Waals surface area contributed by atoms with Crippen LogP contribution in [-0.2, 0) is 17.6 Å². The number of carbonyl (C=O) groups is 1. The maximum Gasteiger partial charge on any atom is 0.224 e. The quantitative estimate of drug-likeness (QED) is 0.680. The number of methoxy groups -OCH3 is 3. The molecular formula is C22H30N2O4. The molecule has 0 saturated carbocycles. The van der Waals surface area contributed by atoms with Crippen LogP contribution in [-0.4, -0.2) is 58.8 Å². The molecule has 2 aromatic carbocycles. The minimum absolute atomic E-state index is 0.0471. The summed E-state index contributed by atoms with van der Waals surface area (Å²) in [6.07, 6.45) is 1.11. The van der Waals surface area contributed by atoms with E-state index < -0.39 is 0 Å². The van der Waals surface area contributed by atoms with Crippen molar-refractivity contribution < 1.29 is 19.0 Å². The van der Waals surface area contributed by atoms with E-state index in [-0.39, 0.29) is 18.4 Å². The number of hydrogen-bond donors (Lipinski definition) is 1. The third-order valence-electron chi connectivity index (χ3n) is 4.67. The van der Waals surface area contributed by atoms with Crippen LogP contribution < -0.4 is 19.5 Å². The van der Waals surface area contributed by atoms with Crippen molar-refractivity contribution in [2.24, 2.45) is 0 Å². The highest BCUT2D eigenvalue weighted by Crippen LogP contribution is 2.38. The van der Waals surface area contributed by atoms with E-state index in [4.69, 9.17) is 14.2 Å². The second-order valence-corrected chi connectivity index (χ2v) is 6.82. The second kappa shape index (κ2) is 10.6. The molecule has 152 valence electrons. The van der Waals surface area contributed by atoms with Gasteiger partial charge in [0.05, 0.1) is 27.8 Å². The summed E-state index contributed by atoms with van der Waals surface area (Å²) in [5.74, 6) is 1.55. The van der Waals surface area contributed by atoms with Crippen molar-refractivity contribution in [3.05, 3.63) is 53.6 Å². The molecule has 2 aromatic rings. The molecule has 0 aromatic heterocycles. The Morgan fingerprint density at radius 1 is 0.964 bits per heavy atom. The summed E-state index contributed by atoms with van der Waals surface area (Å²) in [4.78, 5) is 14.6. The number of likely N-dealkylation sites (N-methyl/N-ethyl adjacent to an activating group) is 1. The normalized spacial score (nSPS) is 11.8. The summed E-state index contributed by atoms with van der Waals surface area (Å²) in [5.41, 5.74) is 2.05. The number of nitrogens with one attached hydrogen (secondary N) is 1. The Kier molecular flexibility index (Phi) is 8.14. The lowest BCUT2D eigenvalue weighted by Crippen LogP contribution is -2.42. The molecule has 0 saturated heterocycles. The summed E-state index contributed by atoms with van der Waals surface area (Å²) >= 11 is 0. The fraction of sp³-hybridized carbons (Fsp3) is 0.409. The highest BCUT2D eigenvalue weighted by Gasteiger charge is 2.17. The number of rotatable bonds is 10. The molecule has 0 spiro atoms. The fourth-order valence-electron chi connectivity index (χ4n) is 3.04. The Balaban J connectivity index is 2.00. The number of hydrogen-bond acceptors (Lipinski definition) is 5. The minimum atomic E-state index is -0.0471.